The van der Waals surface area contributed by atoms with Crippen LogP contribution in [-0.4, -0.2) is 47.3 Å². The van der Waals surface area contributed by atoms with Crippen LogP contribution in [0.15, 0.2) is 18.3 Å². The lowest BCUT2D eigenvalue weighted by Crippen LogP contribution is -2.33. The molecule has 0 amide bonds. The standard InChI is InChI=1S/C16H26FN3O/c1-13(16-7-6-14(17)11-19-16)18-8-2-3-9-20-10-4-5-15(20)12-21/h6-7,11,13,15,18,21H,2-5,8-10,12H2,1H3. The largest absolute Gasteiger partial charge is 0.395 e. The van der Waals surface area contributed by atoms with Crippen LogP contribution in [0.4, 0.5) is 4.39 Å². The minimum absolute atomic E-state index is 0.141. The van der Waals surface area contributed by atoms with Crippen molar-refractivity contribution in [3.63, 3.8) is 0 Å². The van der Waals surface area contributed by atoms with Gasteiger partial charge in [0.2, 0.25) is 0 Å². The Morgan fingerprint density at radius 3 is 3.05 bits per heavy atom. The summed E-state index contributed by atoms with van der Waals surface area (Å²) in [6, 6.07) is 3.69. The van der Waals surface area contributed by atoms with Crippen molar-refractivity contribution >= 4 is 0 Å². The molecule has 1 fully saturated rings. The lowest BCUT2D eigenvalue weighted by Gasteiger charge is -2.22. The fourth-order valence-electron chi connectivity index (χ4n) is 2.90. The van der Waals surface area contributed by atoms with Crippen molar-refractivity contribution in [1.29, 1.82) is 0 Å². The molecule has 1 aromatic rings. The van der Waals surface area contributed by atoms with E-state index in [9.17, 15) is 9.50 Å². The van der Waals surface area contributed by atoms with Crippen molar-refractivity contribution in [1.82, 2.24) is 15.2 Å². The highest BCUT2D eigenvalue weighted by Crippen LogP contribution is 2.17. The molecule has 5 heteroatoms. The number of pyridine rings is 1. The van der Waals surface area contributed by atoms with Gasteiger partial charge in [-0.25, -0.2) is 4.39 Å². The number of aromatic nitrogens is 1. The number of aliphatic hydroxyl groups is 1. The molecular weight excluding hydrogens is 269 g/mol. The fraction of sp³-hybridized carbons (Fsp3) is 0.688. The first-order valence-electron chi connectivity index (χ1n) is 7.90. The van der Waals surface area contributed by atoms with E-state index in [1.807, 2.05) is 6.92 Å². The number of hydrogen-bond donors (Lipinski definition) is 2. The summed E-state index contributed by atoms with van der Waals surface area (Å²) in [7, 11) is 0. The van der Waals surface area contributed by atoms with Crippen molar-refractivity contribution in [2.45, 2.75) is 44.7 Å². The maximum absolute atomic E-state index is 12.8. The normalized spacial score (nSPS) is 20.8. The quantitative estimate of drug-likeness (QED) is 0.721. The van der Waals surface area contributed by atoms with E-state index in [0.717, 1.165) is 44.6 Å². The molecule has 2 unspecified atom stereocenters. The van der Waals surface area contributed by atoms with Gasteiger partial charge < -0.3 is 10.4 Å². The number of hydrogen-bond acceptors (Lipinski definition) is 4. The van der Waals surface area contributed by atoms with Gasteiger partial charge in [-0.15, -0.1) is 0 Å². The smallest absolute Gasteiger partial charge is 0.141 e. The Morgan fingerprint density at radius 2 is 2.33 bits per heavy atom. The van der Waals surface area contributed by atoms with Crippen LogP contribution in [-0.2, 0) is 0 Å². The number of rotatable bonds is 8. The Morgan fingerprint density at radius 1 is 1.48 bits per heavy atom. The lowest BCUT2D eigenvalue weighted by molar-refractivity contribution is 0.157. The summed E-state index contributed by atoms with van der Waals surface area (Å²) in [4.78, 5) is 6.48. The zero-order valence-corrected chi connectivity index (χ0v) is 12.8. The summed E-state index contributed by atoms with van der Waals surface area (Å²) in [5.41, 5.74) is 0.872. The highest BCUT2D eigenvalue weighted by Gasteiger charge is 2.22. The van der Waals surface area contributed by atoms with Crippen LogP contribution in [0.25, 0.3) is 0 Å². The second-order valence-corrected chi connectivity index (χ2v) is 5.80. The summed E-state index contributed by atoms with van der Waals surface area (Å²) in [6.07, 6.45) is 5.82. The van der Waals surface area contributed by atoms with E-state index in [4.69, 9.17) is 0 Å². The first kappa shape index (κ1) is 16.3. The van der Waals surface area contributed by atoms with E-state index in [2.05, 4.69) is 15.2 Å². The number of unbranched alkanes of at least 4 members (excludes halogenated alkanes) is 1. The van der Waals surface area contributed by atoms with Gasteiger partial charge in [0.1, 0.15) is 5.82 Å². The molecule has 1 aromatic heterocycles. The van der Waals surface area contributed by atoms with E-state index in [1.54, 1.807) is 6.07 Å². The summed E-state index contributed by atoms with van der Waals surface area (Å²) in [5, 5.41) is 12.7. The summed E-state index contributed by atoms with van der Waals surface area (Å²) >= 11 is 0. The lowest BCUT2D eigenvalue weighted by atomic mass is 10.2. The third kappa shape index (κ3) is 5.02. The molecule has 2 N–H and O–H groups in total. The average molecular weight is 295 g/mol. The minimum Gasteiger partial charge on any atom is -0.395 e. The highest BCUT2D eigenvalue weighted by atomic mass is 19.1. The number of likely N-dealkylation sites (tertiary alicyclic amines) is 1. The second kappa shape index (κ2) is 8.41. The molecule has 1 aliphatic heterocycles. The Bertz CT molecular complexity index is 412. The molecule has 0 radical (unpaired) electrons. The Balaban J connectivity index is 1.60. The number of nitrogens with zero attached hydrogens (tertiary/aromatic N) is 2. The van der Waals surface area contributed by atoms with Crippen LogP contribution in [0.3, 0.4) is 0 Å². The van der Waals surface area contributed by atoms with E-state index < -0.39 is 0 Å². The number of halogens is 1. The topological polar surface area (TPSA) is 48.4 Å². The third-order valence-corrected chi connectivity index (χ3v) is 4.23. The van der Waals surface area contributed by atoms with Crippen molar-refractivity contribution in [2.24, 2.45) is 0 Å². The molecule has 2 rings (SSSR count). The Labute approximate surface area is 126 Å². The van der Waals surface area contributed by atoms with Gasteiger partial charge >= 0.3 is 0 Å². The van der Waals surface area contributed by atoms with Gasteiger partial charge in [-0.3, -0.25) is 9.88 Å². The van der Waals surface area contributed by atoms with E-state index in [-0.39, 0.29) is 18.5 Å². The summed E-state index contributed by atoms with van der Waals surface area (Å²) < 4.78 is 12.8. The SMILES string of the molecule is CC(NCCCCN1CCCC1CO)c1ccc(F)cn1. The van der Waals surface area contributed by atoms with Crippen LogP contribution < -0.4 is 5.32 Å². The van der Waals surface area contributed by atoms with Gasteiger partial charge in [0.05, 0.1) is 18.5 Å². The fourth-order valence-corrected chi connectivity index (χ4v) is 2.90. The molecule has 118 valence electrons. The molecule has 0 saturated carbocycles. The van der Waals surface area contributed by atoms with Crippen LogP contribution in [0.2, 0.25) is 0 Å². The third-order valence-electron chi connectivity index (χ3n) is 4.23. The molecule has 2 atom stereocenters. The predicted octanol–water partition coefficient (Wildman–Crippen LogP) is 2.11. The summed E-state index contributed by atoms with van der Waals surface area (Å²) in [5.74, 6) is -0.296. The summed E-state index contributed by atoms with van der Waals surface area (Å²) in [6.45, 7) is 5.44. The minimum atomic E-state index is -0.296. The van der Waals surface area contributed by atoms with Crippen LogP contribution in [0, 0.1) is 5.82 Å². The molecular formula is C16H26FN3O. The van der Waals surface area contributed by atoms with Gasteiger partial charge in [-0.1, -0.05) is 0 Å². The maximum atomic E-state index is 12.8. The van der Waals surface area contributed by atoms with Gasteiger partial charge in [0.15, 0.2) is 0 Å². The zero-order chi connectivity index (χ0) is 15.1. The number of aliphatic hydroxyl groups excluding tert-OH is 1. The van der Waals surface area contributed by atoms with Crippen molar-refractivity contribution in [2.75, 3.05) is 26.2 Å². The number of nitrogens with one attached hydrogen (secondary N) is 1. The van der Waals surface area contributed by atoms with E-state index >= 15 is 0 Å². The molecule has 21 heavy (non-hydrogen) atoms. The van der Waals surface area contributed by atoms with E-state index in [1.165, 1.54) is 18.7 Å². The van der Waals surface area contributed by atoms with Crippen LogP contribution in [0.1, 0.15) is 44.3 Å². The Kier molecular flexibility index (Phi) is 6.54. The van der Waals surface area contributed by atoms with Crippen LogP contribution in [0.5, 0.6) is 0 Å². The van der Waals surface area contributed by atoms with Crippen molar-refractivity contribution in [3.05, 3.63) is 29.8 Å². The van der Waals surface area contributed by atoms with Gasteiger partial charge in [0, 0.05) is 12.1 Å². The first-order valence-corrected chi connectivity index (χ1v) is 7.90. The monoisotopic (exact) mass is 295 g/mol. The molecule has 1 saturated heterocycles. The van der Waals surface area contributed by atoms with Gasteiger partial charge in [-0.2, -0.15) is 0 Å². The molecule has 1 aliphatic rings. The van der Waals surface area contributed by atoms with Crippen molar-refractivity contribution < 1.29 is 9.50 Å². The van der Waals surface area contributed by atoms with Crippen LogP contribution >= 0.6 is 0 Å². The maximum Gasteiger partial charge on any atom is 0.141 e. The molecule has 0 bridgehead atoms. The zero-order valence-electron chi connectivity index (χ0n) is 12.8. The highest BCUT2D eigenvalue weighted by molar-refractivity contribution is 5.08. The van der Waals surface area contributed by atoms with Gasteiger partial charge in [-0.05, 0) is 64.4 Å². The van der Waals surface area contributed by atoms with Gasteiger partial charge in [0.25, 0.3) is 0 Å². The molecule has 0 aromatic carbocycles. The first-order chi connectivity index (χ1) is 10.2. The molecule has 0 aliphatic carbocycles. The predicted molar refractivity (Wildman–Crippen MR) is 81.5 cm³/mol. The second-order valence-electron chi connectivity index (χ2n) is 5.80. The molecule has 4 nitrogen and oxygen atoms in total. The molecule has 0 spiro atoms. The van der Waals surface area contributed by atoms with E-state index in [0.29, 0.717) is 6.04 Å². The Hall–Kier alpha value is -1.04. The average Bonchev–Trinajstić information content (AvgIpc) is 2.95. The molecule has 2 heterocycles. The van der Waals surface area contributed by atoms with Crippen molar-refractivity contribution in [3.8, 4) is 0 Å².